The van der Waals surface area contributed by atoms with Crippen molar-refractivity contribution in [1.82, 2.24) is 0 Å². The molecule has 0 aliphatic heterocycles. The number of hydrogen-bond donors (Lipinski definition) is 0. The van der Waals surface area contributed by atoms with Gasteiger partial charge in [-0.15, -0.1) is 11.5 Å². The second-order valence-corrected chi connectivity index (χ2v) is 3.52. The van der Waals surface area contributed by atoms with Crippen molar-refractivity contribution in [1.29, 1.82) is 0 Å². The van der Waals surface area contributed by atoms with Gasteiger partial charge in [0.15, 0.2) is 11.5 Å². The summed E-state index contributed by atoms with van der Waals surface area (Å²) in [5, 5.41) is 23.1. The van der Waals surface area contributed by atoms with Gasteiger partial charge in [-0.3, -0.25) is 0 Å². The Kier molecular flexibility index (Phi) is 4.28. The van der Waals surface area contributed by atoms with E-state index in [4.69, 9.17) is 9.47 Å². The van der Waals surface area contributed by atoms with Crippen molar-refractivity contribution in [3.8, 4) is 23.0 Å². The Morgan fingerprint density at radius 3 is 2.38 bits per heavy atom. The minimum absolute atomic E-state index is 0.332. The highest BCUT2D eigenvalue weighted by Crippen LogP contribution is 2.41. The average Bonchev–Trinajstić information content (AvgIpc) is 2.30. The highest BCUT2D eigenvalue weighted by molar-refractivity contribution is 5.59. The number of rotatable bonds is 5. The Morgan fingerprint density at radius 1 is 1.19 bits per heavy atom. The van der Waals surface area contributed by atoms with Crippen LogP contribution in [0.15, 0.2) is 6.07 Å². The van der Waals surface area contributed by atoms with E-state index in [0.717, 1.165) is 12.8 Å². The van der Waals surface area contributed by atoms with Crippen LogP contribution in [-0.4, -0.2) is 14.2 Å². The van der Waals surface area contributed by atoms with Gasteiger partial charge in [0, 0.05) is 0 Å². The predicted octanol–water partition coefficient (Wildman–Crippen LogP) is 1.19. The van der Waals surface area contributed by atoms with Crippen LogP contribution in [-0.2, 0) is 6.42 Å². The molecular weight excluding hydrogens is 208 g/mol. The van der Waals surface area contributed by atoms with Crippen molar-refractivity contribution >= 4 is 0 Å². The Labute approximate surface area is 95.4 Å². The average molecular weight is 224 g/mol. The lowest BCUT2D eigenvalue weighted by atomic mass is 10.0. The standard InChI is InChI=1S/C12H18O4/c1-4-5-6-8-11(14)9(13)7-10(15-2)12(8)16-3/h7,13-14H,4-6H2,1-3H3/p-2. The molecule has 0 saturated heterocycles. The van der Waals surface area contributed by atoms with E-state index in [1.165, 1.54) is 20.3 Å². The molecule has 0 aliphatic rings. The molecule has 0 atom stereocenters. The van der Waals surface area contributed by atoms with Crippen molar-refractivity contribution in [2.45, 2.75) is 26.2 Å². The van der Waals surface area contributed by atoms with Crippen LogP contribution in [0, 0.1) is 0 Å². The first-order valence-electron chi connectivity index (χ1n) is 5.27. The Morgan fingerprint density at radius 2 is 1.88 bits per heavy atom. The summed E-state index contributed by atoms with van der Waals surface area (Å²) in [7, 11) is 2.92. The normalized spacial score (nSPS) is 10.2. The van der Waals surface area contributed by atoms with Crippen molar-refractivity contribution in [2.24, 2.45) is 0 Å². The molecule has 0 aliphatic carbocycles. The smallest absolute Gasteiger partial charge is 0.163 e. The molecule has 0 heterocycles. The molecule has 0 spiro atoms. The molecule has 16 heavy (non-hydrogen) atoms. The van der Waals surface area contributed by atoms with E-state index in [-0.39, 0.29) is 0 Å². The zero-order chi connectivity index (χ0) is 12.1. The number of unbranched alkanes of at least 4 members (excludes halogenated alkanes) is 1. The fourth-order valence-corrected chi connectivity index (χ4v) is 1.61. The van der Waals surface area contributed by atoms with Crippen LogP contribution in [0.3, 0.4) is 0 Å². The van der Waals surface area contributed by atoms with Gasteiger partial charge in [0.1, 0.15) is 0 Å². The molecule has 1 aromatic rings. The minimum atomic E-state index is -0.538. The van der Waals surface area contributed by atoms with Gasteiger partial charge in [0.2, 0.25) is 0 Å². The third-order valence-electron chi connectivity index (χ3n) is 2.46. The van der Waals surface area contributed by atoms with Gasteiger partial charge in [-0.25, -0.2) is 0 Å². The molecule has 0 aromatic heterocycles. The van der Waals surface area contributed by atoms with E-state index < -0.39 is 11.5 Å². The van der Waals surface area contributed by atoms with Gasteiger partial charge in [-0.05, 0) is 24.5 Å². The molecule has 0 N–H and O–H groups in total. The summed E-state index contributed by atoms with van der Waals surface area (Å²) in [6.07, 6.45) is 2.34. The summed E-state index contributed by atoms with van der Waals surface area (Å²) in [6.45, 7) is 2.02. The first kappa shape index (κ1) is 12.5. The highest BCUT2D eigenvalue weighted by atomic mass is 16.5. The molecular formula is C12H16O4-2. The molecule has 0 unspecified atom stereocenters. The molecule has 0 bridgehead atoms. The molecule has 0 fully saturated rings. The molecule has 4 nitrogen and oxygen atoms in total. The first-order chi connectivity index (χ1) is 7.65. The van der Waals surface area contributed by atoms with Crippen molar-refractivity contribution in [3.63, 3.8) is 0 Å². The molecule has 1 rings (SSSR count). The quantitative estimate of drug-likeness (QED) is 0.753. The van der Waals surface area contributed by atoms with E-state index in [1.54, 1.807) is 0 Å². The van der Waals surface area contributed by atoms with Crippen LogP contribution in [0.5, 0.6) is 23.0 Å². The highest BCUT2D eigenvalue weighted by Gasteiger charge is 2.10. The largest absolute Gasteiger partial charge is 0.873 e. The number of benzene rings is 1. The molecule has 0 amide bonds. The molecule has 4 heteroatoms. The number of methoxy groups -OCH3 is 2. The third-order valence-corrected chi connectivity index (χ3v) is 2.46. The monoisotopic (exact) mass is 224 g/mol. The fourth-order valence-electron chi connectivity index (χ4n) is 1.61. The van der Waals surface area contributed by atoms with Crippen LogP contribution < -0.4 is 19.7 Å². The molecule has 90 valence electrons. The summed E-state index contributed by atoms with van der Waals surface area (Å²) in [6, 6.07) is 1.18. The third kappa shape index (κ3) is 2.32. The van der Waals surface area contributed by atoms with Gasteiger partial charge in [0.25, 0.3) is 0 Å². The number of hydrogen-bond acceptors (Lipinski definition) is 4. The van der Waals surface area contributed by atoms with E-state index in [2.05, 4.69) is 0 Å². The summed E-state index contributed by atoms with van der Waals surface area (Å²) in [5.74, 6) is -0.298. The topological polar surface area (TPSA) is 64.6 Å². The fraction of sp³-hybridized carbons (Fsp3) is 0.500. The van der Waals surface area contributed by atoms with Gasteiger partial charge >= 0.3 is 0 Å². The maximum atomic E-state index is 11.7. The van der Waals surface area contributed by atoms with Crippen molar-refractivity contribution < 1.29 is 19.7 Å². The van der Waals surface area contributed by atoms with Crippen LogP contribution in [0.2, 0.25) is 0 Å². The number of ether oxygens (including phenoxy) is 2. The van der Waals surface area contributed by atoms with E-state index in [9.17, 15) is 10.2 Å². The maximum Gasteiger partial charge on any atom is 0.163 e. The van der Waals surface area contributed by atoms with E-state index in [0.29, 0.717) is 23.5 Å². The van der Waals surface area contributed by atoms with Gasteiger partial charge in [-0.1, -0.05) is 13.3 Å². The summed E-state index contributed by atoms with van der Waals surface area (Å²) < 4.78 is 10.2. The summed E-state index contributed by atoms with van der Waals surface area (Å²) >= 11 is 0. The van der Waals surface area contributed by atoms with Gasteiger partial charge < -0.3 is 19.7 Å². The van der Waals surface area contributed by atoms with Crippen molar-refractivity contribution in [3.05, 3.63) is 11.6 Å². The summed E-state index contributed by atoms with van der Waals surface area (Å²) in [4.78, 5) is 0. The summed E-state index contributed by atoms with van der Waals surface area (Å²) in [5.41, 5.74) is 0.425. The van der Waals surface area contributed by atoms with E-state index >= 15 is 0 Å². The molecule has 0 radical (unpaired) electrons. The Balaban J connectivity index is 3.23. The van der Waals surface area contributed by atoms with Crippen LogP contribution in [0.1, 0.15) is 25.3 Å². The van der Waals surface area contributed by atoms with E-state index in [1.807, 2.05) is 6.92 Å². The van der Waals surface area contributed by atoms with Crippen LogP contribution in [0.4, 0.5) is 0 Å². The SMILES string of the molecule is CCCCc1c([O-])c([O-])cc(OC)c1OC. The maximum absolute atomic E-state index is 11.7. The minimum Gasteiger partial charge on any atom is -0.873 e. The lowest BCUT2D eigenvalue weighted by Crippen LogP contribution is -2.07. The first-order valence-corrected chi connectivity index (χ1v) is 5.27. The second kappa shape index (κ2) is 5.49. The van der Waals surface area contributed by atoms with Crippen molar-refractivity contribution in [2.75, 3.05) is 14.2 Å². The predicted molar refractivity (Wildman–Crippen MR) is 57.1 cm³/mol. The van der Waals surface area contributed by atoms with Gasteiger partial charge in [-0.2, -0.15) is 0 Å². The molecule has 0 saturated carbocycles. The Hall–Kier alpha value is -1.58. The Bertz CT molecular complexity index is 361. The lowest BCUT2D eigenvalue weighted by Gasteiger charge is -2.26. The van der Waals surface area contributed by atoms with Crippen LogP contribution in [0.25, 0.3) is 0 Å². The lowest BCUT2D eigenvalue weighted by molar-refractivity contribution is -0.318. The van der Waals surface area contributed by atoms with Gasteiger partial charge in [0.05, 0.1) is 14.2 Å². The van der Waals surface area contributed by atoms with Crippen LogP contribution >= 0.6 is 0 Å². The molecule has 1 aromatic carbocycles. The zero-order valence-corrected chi connectivity index (χ0v) is 9.83. The zero-order valence-electron chi connectivity index (χ0n) is 9.83. The second-order valence-electron chi connectivity index (χ2n) is 3.52.